The summed E-state index contributed by atoms with van der Waals surface area (Å²) in [5, 5.41) is 13.1. The number of hydrogen-bond donors (Lipinski definition) is 2. The number of aliphatic hydroxyl groups is 1. The van der Waals surface area contributed by atoms with Crippen LogP contribution in [-0.2, 0) is 4.79 Å². The molecule has 2 aromatic rings. The summed E-state index contributed by atoms with van der Waals surface area (Å²) in [5.41, 5.74) is 0.303. The molecule has 1 fully saturated rings. The molecule has 5 heteroatoms. The minimum atomic E-state index is -1.21. The Hall–Kier alpha value is -2.14. The molecule has 1 aromatic carbocycles. The number of anilines is 1. The number of amides is 1. The van der Waals surface area contributed by atoms with Crippen molar-refractivity contribution in [2.24, 2.45) is 0 Å². The molecule has 0 bridgehead atoms. The van der Waals surface area contributed by atoms with Crippen molar-refractivity contribution < 1.29 is 14.3 Å². The van der Waals surface area contributed by atoms with E-state index in [1.807, 2.05) is 12.1 Å². The van der Waals surface area contributed by atoms with E-state index in [-0.39, 0.29) is 5.91 Å². The van der Waals surface area contributed by atoms with Gasteiger partial charge in [0.1, 0.15) is 11.4 Å². The number of rotatable bonds is 4. The number of carbonyl (C=O) groups is 1. The van der Waals surface area contributed by atoms with Gasteiger partial charge in [-0.3, -0.25) is 4.79 Å². The smallest absolute Gasteiger partial charge is 0.256 e. The number of hydrogen-bond acceptors (Lipinski definition) is 4. The maximum Gasteiger partial charge on any atom is 0.256 e. The lowest BCUT2D eigenvalue weighted by Crippen LogP contribution is -2.40. The lowest BCUT2D eigenvalue weighted by atomic mass is 10.0. The predicted octanol–water partition coefficient (Wildman–Crippen LogP) is 3.71. The first kappa shape index (κ1) is 15.7. The molecular weight excluding hydrogens is 292 g/mol. The van der Waals surface area contributed by atoms with Gasteiger partial charge in [0, 0.05) is 17.2 Å². The number of nitrogens with zero attached hydrogens (tertiary/aromatic N) is 1. The Morgan fingerprint density at radius 1 is 1.26 bits per heavy atom. The van der Waals surface area contributed by atoms with Crippen LogP contribution in [0.4, 0.5) is 5.69 Å². The van der Waals surface area contributed by atoms with Crippen LogP contribution in [0, 0.1) is 0 Å². The van der Waals surface area contributed by atoms with Gasteiger partial charge in [0.25, 0.3) is 5.91 Å². The molecule has 0 radical (unpaired) electrons. The fourth-order valence-corrected chi connectivity index (χ4v) is 2.82. The highest BCUT2D eigenvalue weighted by atomic mass is 16.4. The van der Waals surface area contributed by atoms with Gasteiger partial charge in [-0.25, -0.2) is 4.98 Å². The van der Waals surface area contributed by atoms with Crippen LogP contribution in [0.15, 0.2) is 34.9 Å². The molecular formula is C18H22N2O3. The molecule has 0 unspecified atom stereocenters. The van der Waals surface area contributed by atoms with E-state index in [1.54, 1.807) is 18.3 Å². The van der Waals surface area contributed by atoms with Crippen LogP contribution >= 0.6 is 0 Å². The van der Waals surface area contributed by atoms with Gasteiger partial charge in [0.15, 0.2) is 0 Å². The second-order valence-corrected chi connectivity index (χ2v) is 6.49. The minimum absolute atomic E-state index is 0.293. The molecule has 23 heavy (non-hydrogen) atoms. The minimum Gasteiger partial charge on any atom is -0.441 e. The third-order valence-electron chi connectivity index (χ3n) is 4.34. The zero-order valence-corrected chi connectivity index (χ0v) is 13.5. The summed E-state index contributed by atoms with van der Waals surface area (Å²) in [6.07, 6.45) is 4.60. The van der Waals surface area contributed by atoms with E-state index in [0.717, 1.165) is 24.2 Å². The molecule has 122 valence electrons. The Morgan fingerprint density at radius 3 is 2.48 bits per heavy atom. The number of benzene rings is 1. The van der Waals surface area contributed by atoms with E-state index in [4.69, 9.17) is 4.42 Å². The summed E-state index contributed by atoms with van der Waals surface area (Å²) in [4.78, 5) is 16.5. The molecule has 5 nitrogen and oxygen atoms in total. The zero-order chi connectivity index (χ0) is 16.4. The molecule has 3 rings (SSSR count). The molecule has 1 aliphatic carbocycles. The Kier molecular flexibility index (Phi) is 4.22. The third-order valence-corrected chi connectivity index (χ3v) is 4.34. The first-order valence-electron chi connectivity index (χ1n) is 8.08. The van der Waals surface area contributed by atoms with Crippen LogP contribution in [0.3, 0.4) is 0 Å². The van der Waals surface area contributed by atoms with Crippen molar-refractivity contribution in [3.8, 4) is 11.5 Å². The molecule has 0 atom stereocenters. The van der Waals surface area contributed by atoms with Crippen molar-refractivity contribution in [2.75, 3.05) is 5.32 Å². The second-order valence-electron chi connectivity index (χ2n) is 6.49. The molecule has 1 amide bonds. The van der Waals surface area contributed by atoms with E-state index in [1.165, 1.54) is 0 Å². The van der Waals surface area contributed by atoms with Gasteiger partial charge in [-0.1, -0.05) is 13.8 Å². The summed E-state index contributed by atoms with van der Waals surface area (Å²) in [6.45, 7) is 4.10. The quantitative estimate of drug-likeness (QED) is 0.902. The SMILES string of the molecule is CC(C)c1cnc(-c2ccc(NC(=O)C3(O)CCCC3)cc2)o1. The highest BCUT2D eigenvalue weighted by molar-refractivity contribution is 5.97. The average Bonchev–Trinajstić information content (AvgIpc) is 3.18. The molecule has 1 saturated carbocycles. The Bertz CT molecular complexity index is 683. The van der Waals surface area contributed by atoms with Crippen LogP contribution in [0.1, 0.15) is 51.2 Å². The van der Waals surface area contributed by atoms with E-state index in [9.17, 15) is 9.90 Å². The molecule has 1 aliphatic rings. The largest absolute Gasteiger partial charge is 0.441 e. The lowest BCUT2D eigenvalue weighted by molar-refractivity contribution is -0.133. The van der Waals surface area contributed by atoms with Gasteiger partial charge in [0.05, 0.1) is 6.20 Å². The first-order chi connectivity index (χ1) is 11.0. The number of oxazole rings is 1. The zero-order valence-electron chi connectivity index (χ0n) is 13.5. The topological polar surface area (TPSA) is 75.4 Å². The maximum absolute atomic E-state index is 12.2. The van der Waals surface area contributed by atoms with Gasteiger partial charge >= 0.3 is 0 Å². The third kappa shape index (κ3) is 3.29. The first-order valence-corrected chi connectivity index (χ1v) is 8.08. The highest BCUT2D eigenvalue weighted by Gasteiger charge is 2.38. The monoisotopic (exact) mass is 314 g/mol. The van der Waals surface area contributed by atoms with Gasteiger partial charge in [0.2, 0.25) is 5.89 Å². The number of aromatic nitrogens is 1. The lowest BCUT2D eigenvalue weighted by Gasteiger charge is -2.20. The van der Waals surface area contributed by atoms with Gasteiger partial charge < -0.3 is 14.8 Å². The number of carbonyl (C=O) groups excluding carboxylic acids is 1. The van der Waals surface area contributed by atoms with Crippen molar-refractivity contribution in [3.63, 3.8) is 0 Å². The van der Waals surface area contributed by atoms with Crippen molar-refractivity contribution in [1.29, 1.82) is 0 Å². The van der Waals surface area contributed by atoms with E-state index in [0.29, 0.717) is 30.3 Å². The van der Waals surface area contributed by atoms with Gasteiger partial charge in [-0.05, 0) is 49.9 Å². The summed E-state index contributed by atoms with van der Waals surface area (Å²) in [6, 6.07) is 7.30. The maximum atomic E-state index is 12.2. The molecule has 2 N–H and O–H groups in total. The fraction of sp³-hybridized carbons (Fsp3) is 0.444. The normalized spacial score (nSPS) is 16.7. The Labute approximate surface area is 135 Å². The number of nitrogens with one attached hydrogen (secondary N) is 1. The van der Waals surface area contributed by atoms with Gasteiger partial charge in [-0.2, -0.15) is 0 Å². The average molecular weight is 314 g/mol. The summed E-state index contributed by atoms with van der Waals surface area (Å²) in [5.74, 6) is 1.39. The van der Waals surface area contributed by atoms with E-state index >= 15 is 0 Å². The highest BCUT2D eigenvalue weighted by Crippen LogP contribution is 2.31. The van der Waals surface area contributed by atoms with Crippen molar-refractivity contribution in [1.82, 2.24) is 4.98 Å². The van der Waals surface area contributed by atoms with Crippen LogP contribution < -0.4 is 5.32 Å². The Balaban J connectivity index is 1.70. The van der Waals surface area contributed by atoms with Crippen LogP contribution in [-0.4, -0.2) is 21.6 Å². The summed E-state index contributed by atoms with van der Waals surface area (Å²) >= 11 is 0. The van der Waals surface area contributed by atoms with Crippen LogP contribution in [0.2, 0.25) is 0 Å². The van der Waals surface area contributed by atoms with Gasteiger partial charge in [-0.15, -0.1) is 0 Å². The summed E-state index contributed by atoms with van der Waals surface area (Å²) < 4.78 is 5.71. The van der Waals surface area contributed by atoms with Crippen molar-refractivity contribution >= 4 is 11.6 Å². The van der Waals surface area contributed by atoms with Crippen LogP contribution in [0.25, 0.3) is 11.5 Å². The second kappa shape index (κ2) is 6.16. The van der Waals surface area contributed by atoms with Crippen LogP contribution in [0.5, 0.6) is 0 Å². The molecule has 1 aromatic heterocycles. The standard InChI is InChI=1S/C18H22N2O3/c1-12(2)15-11-19-16(23-15)13-5-7-14(8-6-13)20-17(21)18(22)9-3-4-10-18/h5-8,11-12,22H,3-4,9-10H2,1-2H3,(H,20,21). The van der Waals surface area contributed by atoms with E-state index < -0.39 is 5.60 Å². The fourth-order valence-electron chi connectivity index (χ4n) is 2.82. The van der Waals surface area contributed by atoms with E-state index in [2.05, 4.69) is 24.1 Å². The molecule has 0 saturated heterocycles. The molecule has 1 heterocycles. The predicted molar refractivity (Wildman–Crippen MR) is 88.1 cm³/mol. The van der Waals surface area contributed by atoms with Crippen molar-refractivity contribution in [3.05, 3.63) is 36.2 Å². The summed E-state index contributed by atoms with van der Waals surface area (Å²) in [7, 11) is 0. The molecule has 0 spiro atoms. The molecule has 0 aliphatic heterocycles. The van der Waals surface area contributed by atoms with Crippen molar-refractivity contribution in [2.45, 2.75) is 51.0 Å². The Morgan fingerprint density at radius 2 is 1.91 bits per heavy atom.